The van der Waals surface area contributed by atoms with Crippen molar-refractivity contribution in [1.82, 2.24) is 20.1 Å². The molecule has 2 fully saturated rings. The van der Waals surface area contributed by atoms with Crippen molar-refractivity contribution in [2.24, 2.45) is 10.9 Å². The third kappa shape index (κ3) is 5.08. The molecular formula is C21H29BrN6O4S. The average Bonchev–Trinajstić information content (AvgIpc) is 3.27. The molecule has 12 heteroatoms. The number of anilines is 1. The van der Waals surface area contributed by atoms with E-state index in [1.54, 1.807) is 11.2 Å². The molecule has 1 aromatic carbocycles. The minimum Gasteiger partial charge on any atom is -0.362 e. The first kappa shape index (κ1) is 24.1. The highest BCUT2D eigenvalue weighted by atomic mass is 79.9. The minimum atomic E-state index is -3.25. The molecule has 1 saturated carbocycles. The molecule has 2 aromatic rings. The van der Waals surface area contributed by atoms with Gasteiger partial charge in [-0.15, -0.1) is 0 Å². The number of aromatic nitrogens is 2. The third-order valence-electron chi connectivity index (χ3n) is 6.59. The zero-order valence-electron chi connectivity index (χ0n) is 18.7. The Labute approximate surface area is 201 Å². The fraction of sp³-hybridized carbons (Fsp3) is 0.571. The van der Waals surface area contributed by atoms with Crippen LogP contribution in [0.25, 0.3) is 0 Å². The number of hydroxylamine groups is 1. The molecule has 10 nitrogen and oxygen atoms in total. The maximum atomic E-state index is 12.6. The fourth-order valence-corrected chi connectivity index (χ4v) is 6.59. The van der Waals surface area contributed by atoms with Crippen LogP contribution in [0, 0.1) is 12.8 Å². The van der Waals surface area contributed by atoms with Crippen LogP contribution in [0.15, 0.2) is 32.3 Å². The summed E-state index contributed by atoms with van der Waals surface area (Å²) >= 11 is 3.49. The van der Waals surface area contributed by atoms with E-state index >= 15 is 0 Å². The Kier molecular flexibility index (Phi) is 7.37. The first-order valence-corrected chi connectivity index (χ1v) is 13.6. The SMILES string of the molecule is CCS(=O)(=O)N1CCC(Nc2nonc2C(=Nc2ccc(C)c(Br)c2)NO)C2CCCCC21. The van der Waals surface area contributed by atoms with Gasteiger partial charge in [-0.1, -0.05) is 34.8 Å². The summed E-state index contributed by atoms with van der Waals surface area (Å²) in [6.45, 7) is 4.13. The number of hydrogen-bond acceptors (Lipinski definition) is 8. The van der Waals surface area contributed by atoms with Crippen LogP contribution < -0.4 is 10.8 Å². The summed E-state index contributed by atoms with van der Waals surface area (Å²) < 4.78 is 32.9. The van der Waals surface area contributed by atoms with E-state index < -0.39 is 10.0 Å². The molecule has 0 bridgehead atoms. The number of fused-ring (bicyclic) bond motifs is 1. The van der Waals surface area contributed by atoms with E-state index in [9.17, 15) is 13.6 Å². The standard InChI is InChI=1S/C21H29BrN6O4S/c1-3-33(30,31)28-11-10-17(15-6-4-5-7-18(15)28)24-21-19(26-32-27-21)20(25-29)23-14-9-8-13(2)16(22)12-14/h8-9,12,15,17-18,29H,3-7,10-11H2,1-2H3,(H,23,25)(H,24,27). The van der Waals surface area contributed by atoms with E-state index in [0.717, 1.165) is 35.7 Å². The highest BCUT2D eigenvalue weighted by Crippen LogP contribution is 2.38. The quantitative estimate of drug-likeness (QED) is 0.287. The summed E-state index contributed by atoms with van der Waals surface area (Å²) in [6, 6.07) is 5.57. The number of halogens is 1. The maximum Gasteiger partial charge on any atom is 0.214 e. The molecule has 1 aromatic heterocycles. The number of aryl methyl sites for hydroxylation is 1. The van der Waals surface area contributed by atoms with Gasteiger partial charge in [0.15, 0.2) is 11.5 Å². The van der Waals surface area contributed by atoms with Crippen LogP contribution in [-0.4, -0.2) is 58.5 Å². The molecule has 1 saturated heterocycles. The Bertz CT molecular complexity index is 1120. The number of nitrogens with zero attached hydrogens (tertiary/aromatic N) is 4. The molecule has 0 spiro atoms. The van der Waals surface area contributed by atoms with Crippen LogP contribution in [0.2, 0.25) is 0 Å². The molecule has 2 heterocycles. The van der Waals surface area contributed by atoms with Crippen LogP contribution in [0.4, 0.5) is 11.5 Å². The zero-order chi connectivity index (χ0) is 23.6. The zero-order valence-corrected chi connectivity index (χ0v) is 21.1. The second-order valence-electron chi connectivity index (χ2n) is 8.53. The lowest BCUT2D eigenvalue weighted by molar-refractivity contribution is 0.116. The summed E-state index contributed by atoms with van der Waals surface area (Å²) in [5.74, 6) is 0.736. The lowest BCUT2D eigenvalue weighted by atomic mass is 9.76. The van der Waals surface area contributed by atoms with Crippen LogP contribution in [0.3, 0.4) is 0 Å². The van der Waals surface area contributed by atoms with Crippen molar-refractivity contribution in [2.75, 3.05) is 17.6 Å². The summed E-state index contributed by atoms with van der Waals surface area (Å²) in [5.41, 5.74) is 4.04. The van der Waals surface area contributed by atoms with E-state index in [2.05, 4.69) is 42.0 Å². The highest BCUT2D eigenvalue weighted by Gasteiger charge is 2.44. The number of piperidine rings is 1. The van der Waals surface area contributed by atoms with Crippen molar-refractivity contribution < 1.29 is 18.3 Å². The van der Waals surface area contributed by atoms with Gasteiger partial charge < -0.3 is 5.32 Å². The first-order chi connectivity index (χ1) is 15.8. The van der Waals surface area contributed by atoms with Gasteiger partial charge in [0.1, 0.15) is 0 Å². The second kappa shape index (κ2) is 10.1. The molecule has 1 aliphatic carbocycles. The number of sulfonamides is 1. The molecule has 0 radical (unpaired) electrons. The van der Waals surface area contributed by atoms with Gasteiger partial charge in [-0.25, -0.2) is 18.0 Å². The molecule has 1 aliphatic heterocycles. The molecule has 2 aliphatic rings. The van der Waals surface area contributed by atoms with E-state index in [1.807, 2.05) is 25.1 Å². The number of amidine groups is 1. The van der Waals surface area contributed by atoms with E-state index in [-0.39, 0.29) is 35.3 Å². The monoisotopic (exact) mass is 540 g/mol. The van der Waals surface area contributed by atoms with Crippen molar-refractivity contribution in [3.8, 4) is 0 Å². The van der Waals surface area contributed by atoms with Gasteiger partial charge in [0.05, 0.1) is 11.4 Å². The van der Waals surface area contributed by atoms with Crippen molar-refractivity contribution in [3.63, 3.8) is 0 Å². The largest absolute Gasteiger partial charge is 0.362 e. The lowest BCUT2D eigenvalue weighted by Crippen LogP contribution is -2.56. The number of hydrogen-bond donors (Lipinski definition) is 3. The lowest BCUT2D eigenvalue weighted by Gasteiger charge is -2.47. The van der Waals surface area contributed by atoms with Gasteiger partial charge >= 0.3 is 0 Å². The van der Waals surface area contributed by atoms with Crippen LogP contribution in [-0.2, 0) is 10.0 Å². The van der Waals surface area contributed by atoms with Gasteiger partial charge in [0.25, 0.3) is 0 Å². The van der Waals surface area contributed by atoms with Crippen molar-refractivity contribution in [1.29, 1.82) is 0 Å². The summed E-state index contributed by atoms with van der Waals surface area (Å²) in [7, 11) is -3.25. The van der Waals surface area contributed by atoms with Crippen LogP contribution in [0.1, 0.15) is 50.3 Å². The Balaban J connectivity index is 1.58. The smallest absolute Gasteiger partial charge is 0.214 e. The summed E-state index contributed by atoms with van der Waals surface area (Å²) in [4.78, 5) is 4.45. The molecule has 3 unspecified atom stereocenters. The second-order valence-corrected chi connectivity index (χ2v) is 11.6. The topological polar surface area (TPSA) is 133 Å². The van der Waals surface area contributed by atoms with Crippen molar-refractivity contribution >= 4 is 43.3 Å². The molecule has 4 rings (SSSR count). The predicted molar refractivity (Wildman–Crippen MR) is 128 cm³/mol. The Morgan fingerprint density at radius 3 is 2.82 bits per heavy atom. The van der Waals surface area contributed by atoms with Gasteiger partial charge in [-0.05, 0) is 67.0 Å². The Morgan fingerprint density at radius 2 is 2.09 bits per heavy atom. The number of benzene rings is 1. The van der Waals surface area contributed by atoms with E-state index in [4.69, 9.17) is 4.63 Å². The normalized spacial score (nSPS) is 24.4. The van der Waals surface area contributed by atoms with Crippen LogP contribution >= 0.6 is 15.9 Å². The highest BCUT2D eigenvalue weighted by molar-refractivity contribution is 9.10. The van der Waals surface area contributed by atoms with E-state index in [0.29, 0.717) is 24.5 Å². The maximum absolute atomic E-state index is 12.6. The van der Waals surface area contributed by atoms with Crippen LogP contribution in [0.5, 0.6) is 0 Å². The minimum absolute atomic E-state index is 0.0118. The Hall–Kier alpha value is -2.02. The molecule has 3 atom stereocenters. The fourth-order valence-electron chi connectivity index (χ4n) is 4.83. The Morgan fingerprint density at radius 1 is 1.30 bits per heavy atom. The third-order valence-corrected chi connectivity index (χ3v) is 9.34. The average molecular weight is 541 g/mol. The predicted octanol–water partition coefficient (Wildman–Crippen LogP) is 3.59. The number of nitrogens with one attached hydrogen (secondary N) is 2. The van der Waals surface area contributed by atoms with Gasteiger partial charge in [-0.2, -0.15) is 4.31 Å². The summed E-state index contributed by atoms with van der Waals surface area (Å²) in [6.07, 6.45) is 4.54. The molecular weight excluding hydrogens is 512 g/mol. The van der Waals surface area contributed by atoms with Crippen molar-refractivity contribution in [3.05, 3.63) is 33.9 Å². The number of rotatable bonds is 6. The van der Waals surface area contributed by atoms with Crippen molar-refractivity contribution in [2.45, 2.75) is 58.0 Å². The summed E-state index contributed by atoms with van der Waals surface area (Å²) in [5, 5.41) is 21.1. The van der Waals surface area contributed by atoms with Gasteiger partial charge in [0.2, 0.25) is 15.8 Å². The number of aliphatic imine (C=N–C) groups is 1. The molecule has 3 N–H and O–H groups in total. The molecule has 33 heavy (non-hydrogen) atoms. The van der Waals surface area contributed by atoms with Gasteiger partial charge in [-0.3, -0.25) is 10.7 Å². The molecule has 0 amide bonds. The van der Waals surface area contributed by atoms with Gasteiger partial charge in [0, 0.05) is 23.1 Å². The first-order valence-electron chi connectivity index (χ1n) is 11.2. The molecule has 180 valence electrons. The van der Waals surface area contributed by atoms with E-state index in [1.165, 1.54) is 0 Å².